The summed E-state index contributed by atoms with van der Waals surface area (Å²) in [5.41, 5.74) is 2.28. The first-order valence-corrected chi connectivity index (χ1v) is 12.6. The molecule has 3 aromatic heterocycles. The molecule has 1 atom stereocenters. The summed E-state index contributed by atoms with van der Waals surface area (Å²) in [4.78, 5) is 32.7. The van der Waals surface area contributed by atoms with E-state index in [2.05, 4.69) is 21.7 Å². The van der Waals surface area contributed by atoms with Crippen molar-refractivity contribution < 1.29 is 18.7 Å². The van der Waals surface area contributed by atoms with Crippen molar-refractivity contribution in [2.45, 2.75) is 25.8 Å². The van der Waals surface area contributed by atoms with E-state index in [-0.39, 0.29) is 11.8 Å². The summed E-state index contributed by atoms with van der Waals surface area (Å²) in [6, 6.07) is 3.99. The van der Waals surface area contributed by atoms with Gasteiger partial charge in [-0.25, -0.2) is 9.78 Å². The number of nitrogens with one attached hydrogen (secondary N) is 2. The number of hydrogen-bond acceptors (Lipinski definition) is 9. The maximum atomic E-state index is 12.3. The molecule has 4 rings (SSSR count). The maximum Gasteiger partial charge on any atom is 0.407 e. The second-order valence-corrected chi connectivity index (χ2v) is 10.5. The largest absolute Gasteiger partial charge is 0.472 e. The Hall–Kier alpha value is -3.62. The van der Waals surface area contributed by atoms with Crippen molar-refractivity contribution in [1.82, 2.24) is 10.3 Å². The van der Waals surface area contributed by atoms with Crippen LogP contribution in [0.2, 0.25) is 0 Å². The minimum absolute atomic E-state index is 0.159. The van der Waals surface area contributed by atoms with E-state index in [0.29, 0.717) is 36.6 Å². The molecule has 0 aliphatic heterocycles. The van der Waals surface area contributed by atoms with Crippen LogP contribution in [-0.4, -0.2) is 37.7 Å². The van der Waals surface area contributed by atoms with Gasteiger partial charge in [0.15, 0.2) is 5.13 Å². The van der Waals surface area contributed by atoms with Crippen LogP contribution in [0.1, 0.15) is 32.9 Å². The number of carbonyl (C=O) groups is 2. The number of amides is 2. The quantitative estimate of drug-likeness (QED) is 0.430. The van der Waals surface area contributed by atoms with Crippen LogP contribution in [0.25, 0.3) is 6.08 Å². The van der Waals surface area contributed by atoms with Gasteiger partial charge in [-0.2, -0.15) is 5.26 Å². The first kappa shape index (κ1) is 24.5. The molecule has 1 unspecified atom stereocenters. The third kappa shape index (κ3) is 6.29. The zero-order valence-electron chi connectivity index (χ0n) is 19.4. The lowest BCUT2D eigenvalue weighted by Gasteiger charge is -2.21. The molecule has 0 aromatic carbocycles. The molecule has 2 amide bonds. The van der Waals surface area contributed by atoms with Gasteiger partial charge >= 0.3 is 6.09 Å². The molecule has 0 radical (unpaired) electrons. The Labute approximate surface area is 211 Å². The lowest BCUT2D eigenvalue weighted by Crippen LogP contribution is -2.27. The molecule has 3 aromatic rings. The van der Waals surface area contributed by atoms with Gasteiger partial charge in [-0.1, -0.05) is 0 Å². The Morgan fingerprint density at radius 1 is 1.40 bits per heavy atom. The van der Waals surface area contributed by atoms with E-state index in [9.17, 15) is 14.9 Å². The number of thiazole rings is 1. The van der Waals surface area contributed by atoms with Gasteiger partial charge in [-0.3, -0.25) is 4.79 Å². The fraction of sp³-hybridized carbons (Fsp3) is 0.333. The molecular weight excluding hydrogens is 486 g/mol. The molecule has 0 saturated heterocycles. The van der Waals surface area contributed by atoms with Gasteiger partial charge in [0, 0.05) is 41.7 Å². The third-order valence-electron chi connectivity index (χ3n) is 5.47. The van der Waals surface area contributed by atoms with Crippen LogP contribution in [-0.2, 0) is 28.9 Å². The second-order valence-electron chi connectivity index (χ2n) is 8.26. The predicted octanol–water partition coefficient (Wildman–Crippen LogP) is 4.42. The van der Waals surface area contributed by atoms with E-state index in [1.165, 1.54) is 41.3 Å². The van der Waals surface area contributed by atoms with Crippen LogP contribution in [0.15, 0.2) is 35.3 Å². The van der Waals surface area contributed by atoms with E-state index in [1.54, 1.807) is 18.3 Å². The summed E-state index contributed by atoms with van der Waals surface area (Å²) in [5, 5.41) is 16.7. The molecule has 35 heavy (non-hydrogen) atoms. The van der Waals surface area contributed by atoms with E-state index in [0.717, 1.165) is 32.4 Å². The predicted molar refractivity (Wildman–Crippen MR) is 136 cm³/mol. The highest BCUT2D eigenvalue weighted by molar-refractivity contribution is 7.16. The molecule has 0 saturated carbocycles. The minimum Gasteiger partial charge on any atom is -0.472 e. The molecule has 0 fully saturated rings. The van der Waals surface area contributed by atoms with Gasteiger partial charge < -0.3 is 24.7 Å². The molecule has 11 heteroatoms. The van der Waals surface area contributed by atoms with E-state index >= 15 is 0 Å². The summed E-state index contributed by atoms with van der Waals surface area (Å²) in [7, 11) is 3.84. The Balaban J connectivity index is 1.28. The average molecular weight is 512 g/mol. The number of alkyl carbamates (subject to hydrolysis) is 1. The number of fused-ring (bicyclic) bond motifs is 1. The SMILES string of the molecule is CN(C)c1ncc(CNC(=O)OCC2CCc3c(sc(NC(=O)C=Cc4ccoc4)c3C#N)C2)s1. The van der Waals surface area contributed by atoms with Gasteiger partial charge in [0.2, 0.25) is 5.91 Å². The van der Waals surface area contributed by atoms with Crippen molar-refractivity contribution in [1.29, 1.82) is 5.26 Å². The highest BCUT2D eigenvalue weighted by atomic mass is 32.1. The van der Waals surface area contributed by atoms with Crippen LogP contribution < -0.4 is 15.5 Å². The average Bonchev–Trinajstić information content (AvgIpc) is 3.59. The van der Waals surface area contributed by atoms with Crippen LogP contribution >= 0.6 is 22.7 Å². The lowest BCUT2D eigenvalue weighted by atomic mass is 9.88. The fourth-order valence-electron chi connectivity index (χ4n) is 3.69. The van der Waals surface area contributed by atoms with Gasteiger partial charge in [0.05, 0.1) is 31.2 Å². The van der Waals surface area contributed by atoms with Gasteiger partial charge in [-0.15, -0.1) is 22.7 Å². The van der Waals surface area contributed by atoms with Crippen molar-refractivity contribution in [2.24, 2.45) is 5.92 Å². The molecule has 2 N–H and O–H groups in total. The standard InChI is InChI=1S/C24H25N5O4S2/c1-29(2)23-26-11-17(34-23)12-27-24(31)33-14-16-3-5-18-19(10-25)22(35-20(18)9-16)28-21(30)6-4-15-7-8-32-13-15/h4,6-8,11,13,16H,3,5,9,12,14H2,1-2H3,(H,27,31)(H,28,30). The summed E-state index contributed by atoms with van der Waals surface area (Å²) in [6.07, 6.45) is 9.62. The van der Waals surface area contributed by atoms with E-state index in [4.69, 9.17) is 9.15 Å². The van der Waals surface area contributed by atoms with Gasteiger partial charge in [-0.05, 0) is 42.9 Å². The maximum absolute atomic E-state index is 12.3. The van der Waals surface area contributed by atoms with E-state index in [1.807, 2.05) is 19.0 Å². The smallest absolute Gasteiger partial charge is 0.407 e. The number of aromatic nitrogens is 1. The molecule has 0 bridgehead atoms. The number of furan rings is 1. The Morgan fingerprint density at radius 2 is 2.26 bits per heavy atom. The lowest BCUT2D eigenvalue weighted by molar-refractivity contribution is -0.111. The van der Waals surface area contributed by atoms with Gasteiger partial charge in [0.25, 0.3) is 0 Å². The van der Waals surface area contributed by atoms with Crippen molar-refractivity contribution in [2.75, 3.05) is 30.9 Å². The highest BCUT2D eigenvalue weighted by Crippen LogP contribution is 2.39. The fourth-order valence-corrected chi connectivity index (χ4v) is 5.78. The Morgan fingerprint density at radius 3 is 2.97 bits per heavy atom. The number of rotatable bonds is 8. The number of hydrogen-bond donors (Lipinski definition) is 2. The monoisotopic (exact) mass is 511 g/mol. The molecule has 182 valence electrons. The van der Waals surface area contributed by atoms with Crippen molar-refractivity contribution in [3.05, 3.63) is 57.3 Å². The molecular formula is C24H25N5O4S2. The zero-order chi connectivity index (χ0) is 24.8. The van der Waals surface area contributed by atoms with Crippen molar-refractivity contribution in [3.8, 4) is 6.07 Å². The number of ether oxygens (including phenoxy) is 1. The molecule has 3 heterocycles. The normalized spacial score (nSPS) is 14.8. The highest BCUT2D eigenvalue weighted by Gasteiger charge is 2.27. The summed E-state index contributed by atoms with van der Waals surface area (Å²) in [6.45, 7) is 0.666. The number of nitriles is 1. The number of anilines is 2. The third-order valence-corrected chi connectivity index (χ3v) is 7.80. The molecule has 0 spiro atoms. The topological polar surface area (TPSA) is 120 Å². The number of thiophene rings is 1. The van der Waals surface area contributed by atoms with Gasteiger partial charge in [0.1, 0.15) is 11.1 Å². The first-order chi connectivity index (χ1) is 16.9. The molecule has 9 nitrogen and oxygen atoms in total. The number of nitrogens with zero attached hydrogens (tertiary/aromatic N) is 3. The molecule has 1 aliphatic carbocycles. The first-order valence-electron chi connectivity index (χ1n) is 11.0. The number of carbonyl (C=O) groups excluding carboxylic acids is 2. The van der Waals surface area contributed by atoms with Crippen LogP contribution in [0, 0.1) is 17.2 Å². The van der Waals surface area contributed by atoms with Crippen molar-refractivity contribution >= 4 is 50.9 Å². The summed E-state index contributed by atoms with van der Waals surface area (Å²) in [5.74, 6) is -0.150. The summed E-state index contributed by atoms with van der Waals surface area (Å²) >= 11 is 2.93. The van der Waals surface area contributed by atoms with Crippen LogP contribution in [0.4, 0.5) is 14.9 Å². The second kappa shape index (κ2) is 11.2. The Kier molecular flexibility index (Phi) is 7.84. The zero-order valence-corrected chi connectivity index (χ0v) is 21.0. The summed E-state index contributed by atoms with van der Waals surface area (Å²) < 4.78 is 10.4. The van der Waals surface area contributed by atoms with Crippen molar-refractivity contribution in [3.63, 3.8) is 0 Å². The Bertz CT molecular complexity index is 1250. The minimum atomic E-state index is -0.461. The van der Waals surface area contributed by atoms with Crippen LogP contribution in [0.5, 0.6) is 0 Å². The molecule has 1 aliphatic rings. The van der Waals surface area contributed by atoms with Crippen LogP contribution in [0.3, 0.4) is 0 Å². The van der Waals surface area contributed by atoms with E-state index < -0.39 is 6.09 Å².